The van der Waals surface area contributed by atoms with Crippen molar-refractivity contribution >= 4 is 16.8 Å². The number of rotatable bonds is 2. The molecule has 0 saturated heterocycles. The highest BCUT2D eigenvalue weighted by molar-refractivity contribution is 5.80. The molecule has 4 aromatic rings. The number of para-hydroxylation sites is 2. The maximum absolute atomic E-state index is 4.62. The molecule has 0 unspecified atom stereocenters. The Labute approximate surface area is 141 Å². The van der Waals surface area contributed by atoms with E-state index in [9.17, 15) is 0 Å². The van der Waals surface area contributed by atoms with Crippen molar-refractivity contribution in [1.82, 2.24) is 19.2 Å². The monoisotopic (exact) mass is 318 g/mol. The summed E-state index contributed by atoms with van der Waals surface area (Å²) < 4.78 is 4.18. The van der Waals surface area contributed by atoms with Crippen LogP contribution < -0.4 is 0 Å². The maximum Gasteiger partial charge on any atom is 0.233 e. The minimum Gasteiger partial charge on any atom is -0.304 e. The van der Waals surface area contributed by atoms with E-state index in [0.29, 0.717) is 0 Å². The van der Waals surface area contributed by atoms with Gasteiger partial charge in [0.05, 0.1) is 17.6 Å². The van der Waals surface area contributed by atoms with Crippen molar-refractivity contribution < 1.29 is 0 Å². The molecule has 0 aliphatic heterocycles. The lowest BCUT2D eigenvalue weighted by Gasteiger charge is -2.19. The first kappa shape index (κ1) is 14.9. The van der Waals surface area contributed by atoms with Gasteiger partial charge in [-0.1, -0.05) is 57.2 Å². The normalized spacial score (nSPS) is 12.3. The van der Waals surface area contributed by atoms with Crippen molar-refractivity contribution in [3.8, 4) is 0 Å². The molecule has 2 aromatic heterocycles. The van der Waals surface area contributed by atoms with Crippen molar-refractivity contribution in [3.63, 3.8) is 0 Å². The number of hydrogen-bond donors (Lipinski definition) is 0. The van der Waals surface area contributed by atoms with Gasteiger partial charge >= 0.3 is 0 Å². The van der Waals surface area contributed by atoms with Gasteiger partial charge in [-0.05, 0) is 35.6 Å². The third kappa shape index (κ3) is 2.39. The molecule has 122 valence electrons. The molecule has 4 nitrogen and oxygen atoms in total. The molecular formula is C20H22N4. The van der Waals surface area contributed by atoms with Crippen LogP contribution in [0.5, 0.6) is 0 Å². The van der Waals surface area contributed by atoms with Crippen LogP contribution in [0.25, 0.3) is 16.8 Å². The molecule has 0 spiro atoms. The Bertz CT molecular complexity index is 1010. The van der Waals surface area contributed by atoms with Gasteiger partial charge in [0, 0.05) is 0 Å². The SMILES string of the molecule is Cc1nc2n(Cc3ccc(C(C)(C)C)cc3)c3ccccc3n2n1. The lowest BCUT2D eigenvalue weighted by molar-refractivity contribution is 0.590. The highest BCUT2D eigenvalue weighted by atomic mass is 15.4. The van der Waals surface area contributed by atoms with E-state index in [1.165, 1.54) is 11.1 Å². The molecule has 0 radical (unpaired) electrons. The fraction of sp³-hybridized carbons (Fsp3) is 0.300. The van der Waals surface area contributed by atoms with Crippen molar-refractivity contribution in [3.05, 3.63) is 65.5 Å². The van der Waals surface area contributed by atoms with Gasteiger partial charge in [-0.15, -0.1) is 5.10 Å². The first-order chi connectivity index (χ1) is 11.4. The molecule has 0 atom stereocenters. The molecule has 0 saturated carbocycles. The van der Waals surface area contributed by atoms with Crippen LogP contribution in [0.2, 0.25) is 0 Å². The van der Waals surface area contributed by atoms with Gasteiger partial charge in [-0.2, -0.15) is 9.50 Å². The summed E-state index contributed by atoms with van der Waals surface area (Å²) >= 11 is 0. The van der Waals surface area contributed by atoms with Gasteiger partial charge < -0.3 is 4.57 Å². The van der Waals surface area contributed by atoms with Crippen LogP contribution >= 0.6 is 0 Å². The zero-order chi connectivity index (χ0) is 16.9. The van der Waals surface area contributed by atoms with Crippen LogP contribution in [-0.2, 0) is 12.0 Å². The number of imidazole rings is 1. The van der Waals surface area contributed by atoms with Crippen molar-refractivity contribution in [2.45, 2.75) is 39.7 Å². The van der Waals surface area contributed by atoms with Gasteiger partial charge in [-0.25, -0.2) is 0 Å². The summed E-state index contributed by atoms with van der Waals surface area (Å²) in [5, 5.41) is 4.53. The second kappa shape index (κ2) is 5.20. The maximum atomic E-state index is 4.62. The zero-order valence-electron chi connectivity index (χ0n) is 14.6. The number of hydrogen-bond acceptors (Lipinski definition) is 2. The fourth-order valence-corrected chi connectivity index (χ4v) is 3.17. The topological polar surface area (TPSA) is 35.1 Å². The number of aromatic nitrogens is 4. The minimum atomic E-state index is 0.177. The van der Waals surface area contributed by atoms with Crippen molar-refractivity contribution in [2.24, 2.45) is 0 Å². The highest BCUT2D eigenvalue weighted by Gasteiger charge is 2.15. The zero-order valence-corrected chi connectivity index (χ0v) is 14.6. The Morgan fingerprint density at radius 3 is 2.25 bits per heavy atom. The Morgan fingerprint density at radius 1 is 0.917 bits per heavy atom. The molecule has 2 heterocycles. The van der Waals surface area contributed by atoms with Crippen molar-refractivity contribution in [2.75, 3.05) is 0 Å². The van der Waals surface area contributed by atoms with E-state index in [-0.39, 0.29) is 5.41 Å². The molecule has 24 heavy (non-hydrogen) atoms. The standard InChI is InChI=1S/C20H22N4/c1-14-21-19-23(17-7-5-6-8-18(17)24(19)22-14)13-15-9-11-16(12-10-15)20(2,3)4/h5-12H,13H2,1-4H3. The predicted molar refractivity (Wildman–Crippen MR) is 97.5 cm³/mol. The lowest BCUT2D eigenvalue weighted by atomic mass is 9.87. The summed E-state index contributed by atoms with van der Waals surface area (Å²) in [7, 11) is 0. The average molecular weight is 318 g/mol. The number of benzene rings is 2. The first-order valence-electron chi connectivity index (χ1n) is 8.33. The summed E-state index contributed by atoms with van der Waals surface area (Å²) in [6.07, 6.45) is 0. The second-order valence-electron chi connectivity index (χ2n) is 7.39. The lowest BCUT2D eigenvalue weighted by Crippen LogP contribution is -2.11. The minimum absolute atomic E-state index is 0.177. The molecule has 4 rings (SSSR count). The molecule has 0 bridgehead atoms. The number of fused-ring (bicyclic) bond motifs is 3. The summed E-state index contributed by atoms with van der Waals surface area (Å²) in [5.41, 5.74) is 5.06. The van der Waals surface area contributed by atoms with E-state index in [4.69, 9.17) is 0 Å². The van der Waals surface area contributed by atoms with E-state index >= 15 is 0 Å². The third-order valence-electron chi connectivity index (χ3n) is 4.50. The van der Waals surface area contributed by atoms with Gasteiger partial charge in [0.25, 0.3) is 0 Å². The van der Waals surface area contributed by atoms with Crippen LogP contribution in [-0.4, -0.2) is 19.2 Å². The van der Waals surface area contributed by atoms with Gasteiger partial charge in [0.2, 0.25) is 5.78 Å². The van der Waals surface area contributed by atoms with Crippen LogP contribution in [0.1, 0.15) is 37.7 Å². The summed E-state index contributed by atoms with van der Waals surface area (Å²) in [4.78, 5) is 4.62. The van der Waals surface area contributed by atoms with E-state index in [1.807, 2.05) is 17.5 Å². The highest BCUT2D eigenvalue weighted by Crippen LogP contribution is 2.24. The van der Waals surface area contributed by atoms with Crippen molar-refractivity contribution in [1.29, 1.82) is 0 Å². The van der Waals surface area contributed by atoms with Crippen LogP contribution in [0.4, 0.5) is 0 Å². The molecule has 0 fully saturated rings. The van der Waals surface area contributed by atoms with Gasteiger partial charge in [-0.3, -0.25) is 0 Å². The fourth-order valence-electron chi connectivity index (χ4n) is 3.17. The smallest absolute Gasteiger partial charge is 0.233 e. The Hall–Kier alpha value is -2.62. The molecular weight excluding hydrogens is 296 g/mol. The summed E-state index contributed by atoms with van der Waals surface area (Å²) in [5.74, 6) is 1.70. The van der Waals surface area contributed by atoms with Gasteiger partial charge in [0.15, 0.2) is 0 Å². The third-order valence-corrected chi connectivity index (χ3v) is 4.50. The number of nitrogens with zero attached hydrogens (tertiary/aromatic N) is 4. The van der Waals surface area contributed by atoms with E-state index in [2.05, 4.69) is 77.9 Å². The van der Waals surface area contributed by atoms with Gasteiger partial charge in [0.1, 0.15) is 5.82 Å². The van der Waals surface area contributed by atoms with Crippen LogP contribution in [0.3, 0.4) is 0 Å². The van der Waals surface area contributed by atoms with E-state index in [0.717, 1.165) is 29.2 Å². The molecule has 0 aliphatic rings. The molecule has 4 heteroatoms. The summed E-state index contributed by atoms with van der Waals surface area (Å²) in [6, 6.07) is 17.2. The first-order valence-corrected chi connectivity index (χ1v) is 8.33. The Balaban J connectivity index is 1.81. The second-order valence-corrected chi connectivity index (χ2v) is 7.39. The largest absolute Gasteiger partial charge is 0.304 e. The van der Waals surface area contributed by atoms with Crippen LogP contribution in [0, 0.1) is 6.92 Å². The van der Waals surface area contributed by atoms with E-state index < -0.39 is 0 Å². The Kier molecular flexibility index (Phi) is 3.23. The van der Waals surface area contributed by atoms with E-state index in [1.54, 1.807) is 0 Å². The number of aryl methyl sites for hydroxylation is 1. The predicted octanol–water partition coefficient (Wildman–Crippen LogP) is 4.34. The summed E-state index contributed by atoms with van der Waals surface area (Å²) in [6.45, 7) is 9.45. The average Bonchev–Trinajstić information content (AvgIpc) is 3.05. The molecule has 0 N–H and O–H groups in total. The molecule has 0 amide bonds. The van der Waals surface area contributed by atoms with Crippen LogP contribution in [0.15, 0.2) is 48.5 Å². The Morgan fingerprint density at radius 2 is 1.58 bits per heavy atom. The molecule has 2 aromatic carbocycles. The molecule has 0 aliphatic carbocycles. The quantitative estimate of drug-likeness (QED) is 0.551.